The van der Waals surface area contributed by atoms with Gasteiger partial charge in [-0.05, 0) is 181 Å². The van der Waals surface area contributed by atoms with Gasteiger partial charge in [-0.15, -0.1) is 0 Å². The molecule has 2 fully saturated rings. The molecule has 0 amide bonds. The second kappa shape index (κ2) is 18.9. The molecule has 0 aromatic rings. The number of nitrogens with one attached hydrogen (secondary N) is 1. The molecule has 0 bridgehead atoms. The summed E-state index contributed by atoms with van der Waals surface area (Å²) in [7, 11) is 0. The van der Waals surface area contributed by atoms with Gasteiger partial charge in [-0.3, -0.25) is 0 Å². The molecule has 0 radical (unpaired) electrons. The van der Waals surface area contributed by atoms with Crippen molar-refractivity contribution in [2.45, 2.75) is 153 Å². The maximum atomic E-state index is 3.91. The van der Waals surface area contributed by atoms with Gasteiger partial charge in [0.05, 0.1) is 0 Å². The Kier molecular flexibility index (Phi) is 12.5. The molecule has 61 heavy (non-hydrogen) atoms. The Hall–Kier alpha value is -4.50. The summed E-state index contributed by atoms with van der Waals surface area (Å²) in [6.07, 6.45) is 71.0. The lowest BCUT2D eigenvalue weighted by Crippen LogP contribution is -2.41. The van der Waals surface area contributed by atoms with Crippen LogP contribution in [0.25, 0.3) is 0 Å². The number of allylic oxidation sites excluding steroid dienone is 25. The van der Waals surface area contributed by atoms with Crippen LogP contribution < -0.4 is 5.32 Å². The summed E-state index contributed by atoms with van der Waals surface area (Å²) < 4.78 is 0. The van der Waals surface area contributed by atoms with Crippen molar-refractivity contribution < 1.29 is 0 Å². The Morgan fingerprint density at radius 3 is 2.33 bits per heavy atom. The fourth-order valence-corrected chi connectivity index (χ4v) is 12.7. The molecule has 3 nitrogen and oxygen atoms in total. The molecular weight excluding hydrogens is 739 g/mol. The van der Waals surface area contributed by atoms with Crippen LogP contribution in [-0.2, 0) is 0 Å². The van der Waals surface area contributed by atoms with E-state index in [-0.39, 0.29) is 0 Å². The topological polar surface area (TPSA) is 18.5 Å². The predicted molar refractivity (Wildman–Crippen MR) is 256 cm³/mol. The highest BCUT2D eigenvalue weighted by Crippen LogP contribution is 2.46. The van der Waals surface area contributed by atoms with Crippen LogP contribution in [0.1, 0.15) is 141 Å². The van der Waals surface area contributed by atoms with Crippen LogP contribution in [0.3, 0.4) is 0 Å². The van der Waals surface area contributed by atoms with Crippen LogP contribution in [-0.4, -0.2) is 21.9 Å². The molecule has 318 valence electrons. The molecule has 10 rings (SSSR count). The summed E-state index contributed by atoms with van der Waals surface area (Å²) in [5.74, 6) is 2.80. The van der Waals surface area contributed by atoms with Gasteiger partial charge in [-0.25, -0.2) is 0 Å². The first-order valence-electron chi connectivity index (χ1n) is 24.8. The molecule has 0 saturated heterocycles. The van der Waals surface area contributed by atoms with Crippen LogP contribution in [0.5, 0.6) is 0 Å². The Morgan fingerprint density at radius 1 is 0.656 bits per heavy atom. The third-order valence-corrected chi connectivity index (χ3v) is 16.1. The highest BCUT2D eigenvalue weighted by molar-refractivity contribution is 5.47. The van der Waals surface area contributed by atoms with Crippen LogP contribution >= 0.6 is 0 Å². The predicted octanol–water partition coefficient (Wildman–Crippen LogP) is 14.9. The first kappa shape index (κ1) is 40.6. The van der Waals surface area contributed by atoms with Gasteiger partial charge in [0.25, 0.3) is 0 Å². The third kappa shape index (κ3) is 9.19. The Labute approximate surface area is 368 Å². The van der Waals surface area contributed by atoms with Gasteiger partial charge in [0.1, 0.15) is 0 Å². The molecule has 10 aliphatic rings. The zero-order valence-electron chi connectivity index (χ0n) is 37.0. The van der Waals surface area contributed by atoms with E-state index in [1.165, 1.54) is 136 Å². The second-order valence-electron chi connectivity index (χ2n) is 19.9. The van der Waals surface area contributed by atoms with Gasteiger partial charge in [-0.2, -0.15) is 0 Å². The smallest absolute Gasteiger partial charge is 0.0481 e. The standard InChI is InChI=1S/C58H71N3/c1-2-3-10-42-17-29-53(30-18-42)60(57-33-24-44-12-5-8-15-49(44)40-57)55-35-37-56(38-36-55)61(58-34-25-45-13-6-9-16-50(45)41-58)54-31-22-47(23-32-54)46-19-26-51(27-20-46)59-52-28-21-43-11-4-7-14-48(43)39-52/h2-3,9-10,16-17,19,21-22,26,28-32,35,37,41-42,44,47,49,52,57,59H,1,4-8,11-15,18,20,23-25,27,33-34,36,38-40H2. The number of hydrogen-bond donors (Lipinski definition) is 1. The minimum absolute atomic E-state index is 0.452. The van der Waals surface area contributed by atoms with Gasteiger partial charge in [0.15, 0.2) is 0 Å². The van der Waals surface area contributed by atoms with Crippen molar-refractivity contribution in [3.05, 3.63) is 178 Å². The summed E-state index contributed by atoms with van der Waals surface area (Å²) in [4.78, 5) is 5.51. The number of hydrogen-bond acceptors (Lipinski definition) is 3. The van der Waals surface area contributed by atoms with Gasteiger partial charge in [0, 0.05) is 52.2 Å². The van der Waals surface area contributed by atoms with Crippen molar-refractivity contribution in [1.82, 2.24) is 15.1 Å². The quantitative estimate of drug-likeness (QED) is 0.210. The first-order chi connectivity index (χ1) is 30.1. The van der Waals surface area contributed by atoms with Crippen LogP contribution in [0, 0.1) is 23.7 Å². The summed E-state index contributed by atoms with van der Waals surface area (Å²) in [5, 5.41) is 3.91. The molecule has 0 aliphatic heterocycles. The average Bonchev–Trinajstić information content (AvgIpc) is 3.32. The Bertz CT molecular complexity index is 2160. The molecule has 2 saturated carbocycles. The Balaban J connectivity index is 0.885. The molecule has 3 heteroatoms. The number of fused-ring (bicyclic) bond motifs is 1. The zero-order valence-corrected chi connectivity index (χ0v) is 37.0. The molecule has 6 unspecified atom stereocenters. The largest absolute Gasteiger partial charge is 0.382 e. The molecule has 1 N–H and O–H groups in total. The van der Waals surface area contributed by atoms with E-state index >= 15 is 0 Å². The average molecular weight is 810 g/mol. The molecule has 0 heterocycles. The SMILES string of the molecule is C=CC=CC1C=CC(N(C2=CC=C(N(C3=CCC(C4=CC=C(NC5C=CC6=C(CCCC6)C5)CC4)C=C3)C3=CC4=C(CCC=C4)CC3)CC2)C2CCC3CCCCC3C2)=CC1. The van der Waals surface area contributed by atoms with E-state index in [0.717, 1.165) is 56.8 Å². The van der Waals surface area contributed by atoms with Crippen molar-refractivity contribution in [2.24, 2.45) is 23.7 Å². The zero-order chi connectivity index (χ0) is 41.0. The molecule has 6 atom stereocenters. The number of rotatable bonds is 11. The van der Waals surface area contributed by atoms with E-state index in [0.29, 0.717) is 23.9 Å². The molecule has 0 spiro atoms. The van der Waals surface area contributed by atoms with E-state index < -0.39 is 0 Å². The third-order valence-electron chi connectivity index (χ3n) is 16.1. The maximum Gasteiger partial charge on any atom is 0.0481 e. The lowest BCUT2D eigenvalue weighted by molar-refractivity contribution is 0.106. The van der Waals surface area contributed by atoms with Crippen molar-refractivity contribution >= 4 is 0 Å². The lowest BCUT2D eigenvalue weighted by atomic mass is 9.69. The summed E-state index contributed by atoms with van der Waals surface area (Å²) in [5.41, 5.74) is 16.7. The van der Waals surface area contributed by atoms with Crippen LogP contribution in [0.2, 0.25) is 0 Å². The summed E-state index contributed by atoms with van der Waals surface area (Å²) in [6, 6.07) is 1.05. The van der Waals surface area contributed by atoms with Crippen molar-refractivity contribution in [2.75, 3.05) is 0 Å². The van der Waals surface area contributed by atoms with Gasteiger partial charge in [-0.1, -0.05) is 122 Å². The monoisotopic (exact) mass is 810 g/mol. The van der Waals surface area contributed by atoms with E-state index in [9.17, 15) is 0 Å². The number of nitrogens with zero attached hydrogens (tertiary/aromatic N) is 2. The van der Waals surface area contributed by atoms with Crippen molar-refractivity contribution in [1.29, 1.82) is 0 Å². The van der Waals surface area contributed by atoms with E-state index in [1.54, 1.807) is 22.3 Å². The second-order valence-corrected chi connectivity index (χ2v) is 19.9. The highest BCUT2D eigenvalue weighted by Gasteiger charge is 2.37. The minimum Gasteiger partial charge on any atom is -0.382 e. The molecule has 0 aromatic heterocycles. The van der Waals surface area contributed by atoms with Gasteiger partial charge < -0.3 is 15.1 Å². The fraction of sp³-hybridized carbons (Fsp3) is 0.483. The fourth-order valence-electron chi connectivity index (χ4n) is 12.7. The van der Waals surface area contributed by atoms with Crippen molar-refractivity contribution in [3.8, 4) is 0 Å². The highest BCUT2D eigenvalue weighted by atomic mass is 15.2. The van der Waals surface area contributed by atoms with E-state index in [1.807, 2.05) is 6.08 Å². The van der Waals surface area contributed by atoms with Crippen LogP contribution in [0.4, 0.5) is 0 Å². The Morgan fingerprint density at radius 2 is 1.51 bits per heavy atom. The summed E-state index contributed by atoms with van der Waals surface area (Å²) >= 11 is 0. The van der Waals surface area contributed by atoms with Crippen LogP contribution in [0.15, 0.2) is 178 Å². The first-order valence-corrected chi connectivity index (χ1v) is 24.8. The molecule has 0 aromatic carbocycles. The lowest BCUT2D eigenvalue weighted by Gasteiger charge is -2.46. The minimum atomic E-state index is 0.452. The normalized spacial score (nSPS) is 31.1. The van der Waals surface area contributed by atoms with Crippen molar-refractivity contribution in [3.63, 3.8) is 0 Å². The molecule has 10 aliphatic carbocycles. The summed E-state index contributed by atoms with van der Waals surface area (Å²) in [6.45, 7) is 3.91. The molecular formula is C58H71N3. The van der Waals surface area contributed by atoms with Gasteiger partial charge >= 0.3 is 0 Å². The van der Waals surface area contributed by atoms with E-state index in [4.69, 9.17) is 0 Å². The maximum absolute atomic E-state index is 3.91. The van der Waals surface area contributed by atoms with Gasteiger partial charge in [0.2, 0.25) is 0 Å². The van der Waals surface area contributed by atoms with E-state index in [2.05, 4.69) is 125 Å².